The minimum absolute atomic E-state index is 0.0270. The smallest absolute Gasteiger partial charge is 0.114 e. The molecule has 2 unspecified atom stereocenters. The Balaban J connectivity index is 1.85. The topological polar surface area (TPSA) is 61.0 Å². The lowest BCUT2D eigenvalue weighted by atomic mass is 10.1. The molecule has 4 heteroatoms. The second kappa shape index (κ2) is 8.49. The van der Waals surface area contributed by atoms with Gasteiger partial charge in [0.15, 0.2) is 0 Å². The highest BCUT2D eigenvalue weighted by Crippen LogP contribution is 2.20. The van der Waals surface area contributed by atoms with E-state index in [0.717, 1.165) is 25.0 Å². The lowest BCUT2D eigenvalue weighted by Crippen LogP contribution is -2.30. The van der Waals surface area contributed by atoms with E-state index in [0.29, 0.717) is 6.61 Å². The van der Waals surface area contributed by atoms with Gasteiger partial charge in [0.05, 0.1) is 5.69 Å². The molecule has 0 aromatic carbocycles. The molecule has 0 aliphatic heterocycles. The van der Waals surface area contributed by atoms with Crippen LogP contribution in [0.3, 0.4) is 0 Å². The molecule has 2 heterocycles. The Bertz CT molecular complexity index is 504. The number of nitrogens with zero attached hydrogens (tertiary/aromatic N) is 2. The SMILES string of the molecule is CCC(N)C(OCCCc1ccncc1)c1ccccn1. The molecule has 0 aliphatic rings. The van der Waals surface area contributed by atoms with E-state index in [1.54, 1.807) is 6.20 Å². The van der Waals surface area contributed by atoms with Crippen LogP contribution in [0.4, 0.5) is 0 Å². The van der Waals surface area contributed by atoms with Gasteiger partial charge in [0.2, 0.25) is 0 Å². The van der Waals surface area contributed by atoms with E-state index >= 15 is 0 Å². The molecule has 2 aromatic heterocycles. The molecule has 0 fully saturated rings. The summed E-state index contributed by atoms with van der Waals surface area (Å²) in [5.41, 5.74) is 8.36. The standard InChI is InChI=1S/C17H23N3O/c1-2-15(18)17(16-7-3-4-10-20-16)21-13-5-6-14-8-11-19-12-9-14/h3-4,7-12,15,17H,2,5-6,13,18H2,1H3. The van der Waals surface area contributed by atoms with Crippen molar-refractivity contribution in [2.75, 3.05) is 6.61 Å². The van der Waals surface area contributed by atoms with Crippen LogP contribution in [-0.4, -0.2) is 22.6 Å². The molecule has 0 saturated carbocycles. The third kappa shape index (κ3) is 4.92. The van der Waals surface area contributed by atoms with Gasteiger partial charge < -0.3 is 10.5 Å². The average Bonchev–Trinajstić information content (AvgIpc) is 2.56. The number of aryl methyl sites for hydroxylation is 1. The fraction of sp³-hybridized carbons (Fsp3) is 0.412. The van der Waals surface area contributed by atoms with Crippen LogP contribution in [0.2, 0.25) is 0 Å². The summed E-state index contributed by atoms with van der Waals surface area (Å²) in [7, 11) is 0. The molecule has 21 heavy (non-hydrogen) atoms. The van der Waals surface area contributed by atoms with Gasteiger partial charge in [-0.2, -0.15) is 0 Å². The van der Waals surface area contributed by atoms with Gasteiger partial charge in [0.25, 0.3) is 0 Å². The minimum atomic E-state index is -0.131. The first kappa shape index (κ1) is 15.6. The zero-order valence-electron chi connectivity index (χ0n) is 12.5. The van der Waals surface area contributed by atoms with E-state index in [4.69, 9.17) is 10.5 Å². The van der Waals surface area contributed by atoms with E-state index in [-0.39, 0.29) is 12.1 Å². The largest absolute Gasteiger partial charge is 0.370 e. The Labute approximate surface area is 126 Å². The van der Waals surface area contributed by atoms with Crippen LogP contribution in [0.25, 0.3) is 0 Å². The highest BCUT2D eigenvalue weighted by molar-refractivity contribution is 5.10. The van der Waals surface area contributed by atoms with Gasteiger partial charge >= 0.3 is 0 Å². The van der Waals surface area contributed by atoms with Crippen molar-refractivity contribution >= 4 is 0 Å². The normalized spacial score (nSPS) is 13.8. The Morgan fingerprint density at radius 3 is 2.62 bits per heavy atom. The predicted molar refractivity (Wildman–Crippen MR) is 83.8 cm³/mol. The van der Waals surface area contributed by atoms with Crippen molar-refractivity contribution in [2.24, 2.45) is 5.73 Å². The molecule has 2 atom stereocenters. The number of nitrogens with two attached hydrogens (primary N) is 1. The minimum Gasteiger partial charge on any atom is -0.370 e. The first-order valence-electron chi connectivity index (χ1n) is 7.48. The third-order valence-corrected chi connectivity index (χ3v) is 3.50. The number of pyridine rings is 2. The number of hydrogen-bond donors (Lipinski definition) is 1. The number of hydrogen-bond acceptors (Lipinski definition) is 4. The Morgan fingerprint density at radius 2 is 1.95 bits per heavy atom. The molecule has 0 amide bonds. The summed E-state index contributed by atoms with van der Waals surface area (Å²) in [4.78, 5) is 8.39. The van der Waals surface area contributed by atoms with E-state index < -0.39 is 0 Å². The highest BCUT2D eigenvalue weighted by atomic mass is 16.5. The Hall–Kier alpha value is -1.78. The number of aromatic nitrogens is 2. The Morgan fingerprint density at radius 1 is 1.14 bits per heavy atom. The predicted octanol–water partition coefficient (Wildman–Crippen LogP) is 2.90. The van der Waals surface area contributed by atoms with Crippen molar-refractivity contribution < 1.29 is 4.74 Å². The van der Waals surface area contributed by atoms with Gasteiger partial charge in [-0.1, -0.05) is 13.0 Å². The highest BCUT2D eigenvalue weighted by Gasteiger charge is 2.20. The van der Waals surface area contributed by atoms with Crippen LogP contribution in [-0.2, 0) is 11.2 Å². The first-order valence-corrected chi connectivity index (χ1v) is 7.48. The van der Waals surface area contributed by atoms with Gasteiger partial charge in [-0.05, 0) is 49.1 Å². The molecule has 0 saturated heterocycles. The summed E-state index contributed by atoms with van der Waals surface area (Å²) in [5, 5.41) is 0. The molecule has 2 rings (SSSR count). The maximum absolute atomic E-state index is 6.17. The van der Waals surface area contributed by atoms with Crippen molar-refractivity contribution in [3.63, 3.8) is 0 Å². The molecule has 0 spiro atoms. The zero-order chi connectivity index (χ0) is 14.9. The average molecular weight is 285 g/mol. The van der Waals surface area contributed by atoms with Crippen LogP contribution in [0.15, 0.2) is 48.9 Å². The number of rotatable bonds is 8. The maximum atomic E-state index is 6.17. The van der Waals surface area contributed by atoms with E-state index in [1.807, 2.05) is 42.7 Å². The summed E-state index contributed by atoms with van der Waals surface area (Å²) >= 11 is 0. The fourth-order valence-corrected chi connectivity index (χ4v) is 2.22. The molecule has 4 nitrogen and oxygen atoms in total. The molecular formula is C17H23N3O. The monoisotopic (exact) mass is 285 g/mol. The van der Waals surface area contributed by atoms with E-state index in [9.17, 15) is 0 Å². The van der Waals surface area contributed by atoms with Crippen molar-refractivity contribution in [3.05, 3.63) is 60.2 Å². The van der Waals surface area contributed by atoms with Crippen LogP contribution in [0.5, 0.6) is 0 Å². The quantitative estimate of drug-likeness (QED) is 0.758. The van der Waals surface area contributed by atoms with Gasteiger partial charge in [-0.25, -0.2) is 0 Å². The summed E-state index contributed by atoms with van der Waals surface area (Å²) in [5.74, 6) is 0. The molecule has 0 radical (unpaired) electrons. The van der Waals surface area contributed by atoms with Crippen LogP contribution < -0.4 is 5.73 Å². The van der Waals surface area contributed by atoms with Gasteiger partial charge in [-0.3, -0.25) is 9.97 Å². The fourth-order valence-electron chi connectivity index (χ4n) is 2.22. The summed E-state index contributed by atoms with van der Waals surface area (Å²) in [6.45, 7) is 2.75. The lowest BCUT2D eigenvalue weighted by molar-refractivity contribution is 0.0294. The molecule has 0 aliphatic carbocycles. The van der Waals surface area contributed by atoms with Gasteiger partial charge in [-0.15, -0.1) is 0 Å². The third-order valence-electron chi connectivity index (χ3n) is 3.50. The Kier molecular flexibility index (Phi) is 6.31. The zero-order valence-corrected chi connectivity index (χ0v) is 12.5. The van der Waals surface area contributed by atoms with Crippen molar-refractivity contribution in [3.8, 4) is 0 Å². The molecule has 0 bridgehead atoms. The molecule has 112 valence electrons. The number of ether oxygens (including phenoxy) is 1. The summed E-state index contributed by atoms with van der Waals surface area (Å²) in [6.07, 6.45) is 8.10. The molecular weight excluding hydrogens is 262 g/mol. The van der Waals surface area contributed by atoms with Crippen molar-refractivity contribution in [1.82, 2.24) is 9.97 Å². The van der Waals surface area contributed by atoms with Crippen molar-refractivity contribution in [1.29, 1.82) is 0 Å². The van der Waals surface area contributed by atoms with Gasteiger partial charge in [0, 0.05) is 31.2 Å². The van der Waals surface area contributed by atoms with Crippen LogP contribution in [0, 0.1) is 0 Å². The van der Waals surface area contributed by atoms with Crippen molar-refractivity contribution in [2.45, 2.75) is 38.3 Å². The lowest BCUT2D eigenvalue weighted by Gasteiger charge is -2.23. The van der Waals surface area contributed by atoms with E-state index in [2.05, 4.69) is 16.9 Å². The van der Waals surface area contributed by atoms with Gasteiger partial charge in [0.1, 0.15) is 6.10 Å². The van der Waals surface area contributed by atoms with E-state index in [1.165, 1.54) is 5.56 Å². The summed E-state index contributed by atoms with van der Waals surface area (Å²) < 4.78 is 6.00. The second-order valence-electron chi connectivity index (χ2n) is 5.08. The summed E-state index contributed by atoms with van der Waals surface area (Å²) in [6, 6.07) is 9.89. The van der Waals surface area contributed by atoms with Crippen LogP contribution in [0.1, 0.15) is 37.1 Å². The first-order chi connectivity index (χ1) is 10.3. The second-order valence-corrected chi connectivity index (χ2v) is 5.08. The molecule has 2 aromatic rings. The molecule has 2 N–H and O–H groups in total. The maximum Gasteiger partial charge on any atom is 0.114 e. The van der Waals surface area contributed by atoms with Crippen LogP contribution >= 0.6 is 0 Å².